The fourth-order valence-electron chi connectivity index (χ4n) is 1.63. The summed E-state index contributed by atoms with van der Waals surface area (Å²) in [7, 11) is 9.92. The normalized spacial score (nSPS) is 10.2. The second kappa shape index (κ2) is 9.02. The molecule has 0 saturated heterocycles. The molecule has 0 heterocycles. The SMILES string of the molecule is Cc1ccc(Pc2cccc(C)c2O)c(F)c1.[Cl][Ti][Cl]. The summed E-state index contributed by atoms with van der Waals surface area (Å²) >= 11 is -0.556. The van der Waals surface area contributed by atoms with Crippen molar-refractivity contribution < 1.29 is 26.5 Å². The molecule has 0 amide bonds. The number of phenols is 1. The molecule has 2 aromatic carbocycles. The molecule has 0 radical (unpaired) electrons. The van der Waals surface area contributed by atoms with E-state index in [9.17, 15) is 9.50 Å². The Morgan fingerprint density at radius 1 is 1.10 bits per heavy atom. The van der Waals surface area contributed by atoms with E-state index in [1.165, 1.54) is 6.07 Å². The first-order valence-corrected chi connectivity index (χ1v) is 11.1. The van der Waals surface area contributed by atoms with E-state index < -0.39 is 17.0 Å². The Bertz CT molecular complexity index is 581. The minimum atomic E-state index is -0.556. The maximum absolute atomic E-state index is 13.7. The van der Waals surface area contributed by atoms with Gasteiger partial charge in [-0.1, -0.05) is 38.9 Å². The zero-order valence-corrected chi connectivity index (χ0v) is 15.1. The van der Waals surface area contributed by atoms with Crippen molar-refractivity contribution in [3.63, 3.8) is 0 Å². The molecule has 0 aliphatic heterocycles. The van der Waals surface area contributed by atoms with Crippen molar-refractivity contribution in [2.45, 2.75) is 13.8 Å². The van der Waals surface area contributed by atoms with Gasteiger partial charge < -0.3 is 5.11 Å². The van der Waals surface area contributed by atoms with Gasteiger partial charge >= 0.3 is 35.6 Å². The van der Waals surface area contributed by atoms with Gasteiger partial charge in [-0.05, 0) is 31.0 Å². The van der Waals surface area contributed by atoms with Gasteiger partial charge in [-0.2, -0.15) is 0 Å². The molecule has 0 fully saturated rings. The van der Waals surface area contributed by atoms with Crippen LogP contribution in [0.1, 0.15) is 11.1 Å². The number of aryl methyl sites for hydroxylation is 2. The third-order valence-corrected chi connectivity index (χ3v) is 3.98. The second-order valence-electron chi connectivity index (χ2n) is 4.15. The third-order valence-electron chi connectivity index (χ3n) is 2.63. The Hall–Kier alpha value is -0.106. The van der Waals surface area contributed by atoms with E-state index in [0.717, 1.165) is 16.4 Å². The van der Waals surface area contributed by atoms with Crippen LogP contribution in [0.2, 0.25) is 0 Å². The van der Waals surface area contributed by atoms with Crippen LogP contribution in [0.5, 0.6) is 5.75 Å². The number of benzene rings is 2. The number of para-hydroxylation sites is 1. The molecule has 1 atom stereocenters. The van der Waals surface area contributed by atoms with E-state index in [1.54, 1.807) is 6.07 Å². The average Bonchev–Trinajstić information content (AvgIpc) is 2.39. The van der Waals surface area contributed by atoms with Crippen molar-refractivity contribution >= 4 is 37.8 Å². The number of hydrogen-bond acceptors (Lipinski definition) is 1. The Morgan fingerprint density at radius 3 is 2.35 bits per heavy atom. The molecule has 1 N–H and O–H groups in total. The topological polar surface area (TPSA) is 20.2 Å². The van der Waals surface area contributed by atoms with Crippen LogP contribution >= 0.6 is 27.2 Å². The second-order valence-corrected chi connectivity index (χ2v) is 8.06. The van der Waals surface area contributed by atoms with Crippen LogP contribution < -0.4 is 10.6 Å². The third kappa shape index (κ3) is 5.35. The van der Waals surface area contributed by atoms with Gasteiger partial charge in [-0.15, -0.1) is 0 Å². The molecule has 0 bridgehead atoms. The molecule has 106 valence electrons. The summed E-state index contributed by atoms with van der Waals surface area (Å²) < 4.78 is 13.7. The van der Waals surface area contributed by atoms with Crippen molar-refractivity contribution in [3.8, 4) is 5.75 Å². The Morgan fingerprint density at radius 2 is 1.75 bits per heavy atom. The van der Waals surface area contributed by atoms with Crippen LogP contribution in [0, 0.1) is 19.7 Å². The molecule has 2 rings (SSSR count). The van der Waals surface area contributed by atoms with Crippen molar-refractivity contribution in [1.82, 2.24) is 0 Å². The van der Waals surface area contributed by atoms with Crippen LogP contribution in [0.3, 0.4) is 0 Å². The van der Waals surface area contributed by atoms with Gasteiger partial charge in [0.1, 0.15) is 11.6 Å². The van der Waals surface area contributed by atoms with E-state index in [2.05, 4.69) is 0 Å². The fraction of sp³-hybridized carbons (Fsp3) is 0.143. The van der Waals surface area contributed by atoms with E-state index in [4.69, 9.17) is 18.6 Å². The Kier molecular flexibility index (Phi) is 8.10. The van der Waals surface area contributed by atoms with Gasteiger partial charge in [-0.25, -0.2) is 4.39 Å². The molecule has 0 aliphatic carbocycles. The zero-order valence-electron chi connectivity index (χ0n) is 11.0. The first-order valence-electron chi connectivity index (χ1n) is 5.77. The van der Waals surface area contributed by atoms with Crippen LogP contribution in [0.25, 0.3) is 0 Å². The van der Waals surface area contributed by atoms with Crippen LogP contribution in [0.4, 0.5) is 4.39 Å². The van der Waals surface area contributed by atoms with Crippen LogP contribution in [0.15, 0.2) is 36.4 Å². The quantitative estimate of drug-likeness (QED) is 0.625. The van der Waals surface area contributed by atoms with Crippen LogP contribution in [-0.4, -0.2) is 5.11 Å². The first-order chi connectivity index (χ1) is 9.49. The molecule has 6 heteroatoms. The standard InChI is InChI=1S/C14H14FOP.2ClH.Ti/c1-9-6-7-12(11(15)8-9)17-13-5-3-4-10(2)14(13)16;;;/h3-8,16-17H,1-2H3;2*1H;/q;;;+2/p-2. The molecule has 1 nitrogen and oxygen atoms in total. The van der Waals surface area contributed by atoms with E-state index in [1.807, 2.05) is 38.1 Å². The van der Waals surface area contributed by atoms with E-state index >= 15 is 0 Å². The monoisotopic (exact) mass is 366 g/mol. The number of hydrogen-bond donors (Lipinski definition) is 1. The van der Waals surface area contributed by atoms with Gasteiger partial charge in [0.2, 0.25) is 0 Å². The van der Waals surface area contributed by atoms with Gasteiger partial charge in [0, 0.05) is 10.6 Å². The predicted molar refractivity (Wildman–Crippen MR) is 83.3 cm³/mol. The summed E-state index contributed by atoms with van der Waals surface area (Å²) in [5, 5.41) is 11.3. The summed E-state index contributed by atoms with van der Waals surface area (Å²) in [5.74, 6) is 0.0649. The number of aromatic hydroxyl groups is 1. The molecule has 20 heavy (non-hydrogen) atoms. The van der Waals surface area contributed by atoms with E-state index in [-0.39, 0.29) is 20.1 Å². The van der Waals surface area contributed by atoms with Crippen molar-refractivity contribution in [3.05, 3.63) is 53.3 Å². The molecular formula is C14H14Cl2FOPTi. The molecule has 0 spiro atoms. The number of rotatable bonds is 2. The fourth-order valence-corrected chi connectivity index (χ4v) is 2.77. The molecule has 0 aliphatic rings. The van der Waals surface area contributed by atoms with E-state index in [0.29, 0.717) is 5.30 Å². The van der Waals surface area contributed by atoms with Crippen molar-refractivity contribution in [2.75, 3.05) is 0 Å². The Labute approximate surface area is 137 Å². The minimum absolute atomic E-state index is 0.142. The molecular weight excluding hydrogens is 353 g/mol. The van der Waals surface area contributed by atoms with Crippen molar-refractivity contribution in [2.24, 2.45) is 0 Å². The average molecular weight is 367 g/mol. The molecule has 0 aromatic heterocycles. The van der Waals surface area contributed by atoms with Gasteiger partial charge in [-0.3, -0.25) is 0 Å². The van der Waals surface area contributed by atoms with Gasteiger partial charge in [0.25, 0.3) is 0 Å². The summed E-state index contributed by atoms with van der Waals surface area (Å²) in [4.78, 5) is 0. The van der Waals surface area contributed by atoms with Crippen molar-refractivity contribution in [1.29, 1.82) is 0 Å². The summed E-state index contributed by atoms with van der Waals surface area (Å²) in [5.41, 5.74) is 1.73. The summed E-state index contributed by atoms with van der Waals surface area (Å²) in [6, 6.07) is 10.7. The van der Waals surface area contributed by atoms with Gasteiger partial charge in [0.05, 0.1) is 0 Å². The summed E-state index contributed by atoms with van der Waals surface area (Å²) in [6.07, 6.45) is 0. The molecule has 0 saturated carbocycles. The Balaban J connectivity index is 0.000000612. The zero-order chi connectivity index (χ0) is 15.1. The summed E-state index contributed by atoms with van der Waals surface area (Å²) in [6.45, 7) is 3.70. The van der Waals surface area contributed by atoms with Gasteiger partial charge in [0.15, 0.2) is 0 Å². The maximum atomic E-state index is 13.7. The number of phenolic OH excluding ortho intramolecular Hbond substituents is 1. The molecule has 1 unspecified atom stereocenters. The van der Waals surface area contributed by atoms with Crippen LogP contribution in [-0.2, 0) is 17.0 Å². The molecule has 2 aromatic rings. The first kappa shape index (κ1) is 17.9. The predicted octanol–water partition coefficient (Wildman–Crippen LogP) is 4.15. The number of halogens is 3.